The van der Waals surface area contributed by atoms with E-state index in [1.165, 1.54) is 26.1 Å². The van der Waals surface area contributed by atoms with E-state index < -0.39 is 29.7 Å². The Balaban J connectivity index is 1.98. The van der Waals surface area contributed by atoms with Crippen LogP contribution in [0.2, 0.25) is 0 Å². The van der Waals surface area contributed by atoms with Crippen molar-refractivity contribution in [3.05, 3.63) is 53.3 Å². The molecule has 0 bridgehead atoms. The van der Waals surface area contributed by atoms with Gasteiger partial charge in [-0.25, -0.2) is 14.0 Å². The number of amides is 2. The summed E-state index contributed by atoms with van der Waals surface area (Å²) in [5.41, 5.74) is -0.893. The highest BCUT2D eigenvalue weighted by molar-refractivity contribution is 5.94. The van der Waals surface area contributed by atoms with Gasteiger partial charge in [-0.15, -0.1) is 0 Å². The Morgan fingerprint density at radius 1 is 1.21 bits per heavy atom. The number of hydrogen-bond acceptors (Lipinski definition) is 4. The van der Waals surface area contributed by atoms with Crippen molar-refractivity contribution in [2.75, 3.05) is 30.0 Å². The third-order valence-corrected chi connectivity index (χ3v) is 4.31. The minimum atomic E-state index is -4.66. The molecular weight excluding hydrogens is 396 g/mol. The largest absolute Gasteiger partial charge is 0.447 e. The number of carbonyl (C=O) groups excluding carboxylic acids is 2. The second-order valence-electron chi connectivity index (χ2n) is 6.31. The van der Waals surface area contributed by atoms with Gasteiger partial charge in [0.25, 0.3) is 0 Å². The van der Waals surface area contributed by atoms with Crippen LogP contribution in [0.3, 0.4) is 0 Å². The molecule has 0 unspecified atom stereocenters. The number of benzene rings is 2. The van der Waals surface area contributed by atoms with Crippen LogP contribution in [-0.4, -0.2) is 32.4 Å². The highest BCUT2D eigenvalue weighted by Crippen LogP contribution is 2.40. The zero-order valence-corrected chi connectivity index (χ0v) is 15.4. The maximum atomic E-state index is 13.2. The first-order chi connectivity index (χ1) is 13.6. The molecule has 1 aliphatic heterocycles. The Morgan fingerprint density at radius 2 is 1.86 bits per heavy atom. The second kappa shape index (κ2) is 7.61. The molecule has 1 aliphatic rings. The summed E-state index contributed by atoms with van der Waals surface area (Å²) in [6.45, 7) is 1.34. The standard InChI is InChI=1S/C19H16F4N2O4/c1-11-9-12(19(21,22)23)10-15(25-7-8-28-18(25)27)16(11)29-17(26)24(2)14-5-3-13(20)4-6-14/h3-6,9-10H,7-8H2,1-2H3. The molecule has 0 N–H and O–H groups in total. The van der Waals surface area contributed by atoms with Crippen LogP contribution in [0, 0.1) is 12.7 Å². The topological polar surface area (TPSA) is 59.1 Å². The molecule has 0 aliphatic carbocycles. The van der Waals surface area contributed by atoms with E-state index in [0.717, 1.165) is 34.1 Å². The fraction of sp³-hybridized carbons (Fsp3) is 0.263. The van der Waals surface area contributed by atoms with E-state index in [0.29, 0.717) is 5.69 Å². The van der Waals surface area contributed by atoms with Gasteiger partial charge in [0.1, 0.15) is 12.4 Å². The van der Waals surface area contributed by atoms with Gasteiger partial charge in [-0.2, -0.15) is 13.2 Å². The van der Waals surface area contributed by atoms with Gasteiger partial charge in [0.15, 0.2) is 5.75 Å². The Morgan fingerprint density at radius 3 is 2.41 bits per heavy atom. The monoisotopic (exact) mass is 412 g/mol. The third-order valence-electron chi connectivity index (χ3n) is 4.31. The first kappa shape index (κ1) is 20.4. The van der Waals surface area contributed by atoms with Gasteiger partial charge in [-0.3, -0.25) is 9.80 Å². The molecular formula is C19H16F4N2O4. The number of rotatable bonds is 3. The average molecular weight is 412 g/mol. The number of ether oxygens (including phenoxy) is 2. The van der Waals surface area contributed by atoms with Crippen molar-refractivity contribution in [3.8, 4) is 5.75 Å². The van der Waals surface area contributed by atoms with Crippen molar-refractivity contribution in [3.63, 3.8) is 0 Å². The molecule has 29 heavy (non-hydrogen) atoms. The molecule has 1 saturated heterocycles. The van der Waals surface area contributed by atoms with Crippen LogP contribution in [0.4, 0.5) is 38.5 Å². The lowest BCUT2D eigenvalue weighted by Gasteiger charge is -2.23. The molecule has 3 rings (SSSR count). The van der Waals surface area contributed by atoms with Crippen molar-refractivity contribution in [1.29, 1.82) is 0 Å². The molecule has 154 valence electrons. The number of carbonyl (C=O) groups is 2. The molecule has 0 saturated carbocycles. The number of alkyl halides is 3. The van der Waals surface area contributed by atoms with Crippen LogP contribution in [0.5, 0.6) is 5.75 Å². The molecule has 6 nitrogen and oxygen atoms in total. The van der Waals surface area contributed by atoms with Crippen LogP contribution in [0.25, 0.3) is 0 Å². The molecule has 0 radical (unpaired) electrons. The van der Waals surface area contributed by atoms with Crippen molar-refractivity contribution in [2.24, 2.45) is 0 Å². The predicted molar refractivity (Wildman–Crippen MR) is 95.7 cm³/mol. The fourth-order valence-corrected chi connectivity index (χ4v) is 2.79. The van der Waals surface area contributed by atoms with Gasteiger partial charge in [-0.05, 0) is 48.9 Å². The summed E-state index contributed by atoms with van der Waals surface area (Å²) in [5.74, 6) is -0.695. The lowest BCUT2D eigenvalue weighted by Crippen LogP contribution is -2.31. The van der Waals surface area contributed by atoms with Gasteiger partial charge >= 0.3 is 18.4 Å². The minimum absolute atomic E-state index is 0.00298. The van der Waals surface area contributed by atoms with Crippen molar-refractivity contribution in [1.82, 2.24) is 0 Å². The Hall–Kier alpha value is -3.30. The molecule has 2 aromatic carbocycles. The summed E-state index contributed by atoms with van der Waals surface area (Å²) >= 11 is 0. The van der Waals surface area contributed by atoms with Crippen molar-refractivity contribution in [2.45, 2.75) is 13.1 Å². The lowest BCUT2D eigenvalue weighted by molar-refractivity contribution is -0.137. The summed E-state index contributed by atoms with van der Waals surface area (Å²) in [7, 11) is 1.36. The van der Waals surface area contributed by atoms with E-state index in [1.54, 1.807) is 0 Å². The number of anilines is 2. The number of aryl methyl sites for hydroxylation is 1. The van der Waals surface area contributed by atoms with E-state index in [4.69, 9.17) is 9.47 Å². The van der Waals surface area contributed by atoms with Crippen LogP contribution >= 0.6 is 0 Å². The summed E-state index contributed by atoms with van der Waals surface area (Å²) in [6, 6.07) is 6.54. The third kappa shape index (κ3) is 4.25. The first-order valence-electron chi connectivity index (χ1n) is 8.45. The molecule has 2 aromatic rings. The Bertz CT molecular complexity index is 944. The van der Waals surface area contributed by atoms with Crippen LogP contribution in [0.15, 0.2) is 36.4 Å². The maximum absolute atomic E-state index is 13.2. The van der Waals surface area contributed by atoms with E-state index in [9.17, 15) is 27.2 Å². The van der Waals surface area contributed by atoms with Crippen molar-refractivity contribution >= 4 is 23.6 Å². The quantitative estimate of drug-likeness (QED) is 0.683. The number of halogens is 4. The van der Waals surface area contributed by atoms with Gasteiger partial charge < -0.3 is 9.47 Å². The molecule has 10 heteroatoms. The van der Waals surface area contributed by atoms with Gasteiger partial charge in [0, 0.05) is 12.7 Å². The minimum Gasteiger partial charge on any atom is -0.447 e. The molecule has 0 aromatic heterocycles. The zero-order valence-electron chi connectivity index (χ0n) is 15.4. The average Bonchev–Trinajstić information content (AvgIpc) is 3.08. The van der Waals surface area contributed by atoms with Gasteiger partial charge in [0.05, 0.1) is 17.8 Å². The lowest BCUT2D eigenvalue weighted by atomic mass is 10.1. The van der Waals surface area contributed by atoms with E-state index in [2.05, 4.69) is 0 Å². The zero-order chi connectivity index (χ0) is 21.3. The molecule has 0 atom stereocenters. The first-order valence-corrected chi connectivity index (χ1v) is 8.45. The van der Waals surface area contributed by atoms with E-state index in [-0.39, 0.29) is 30.2 Å². The summed E-state index contributed by atoms with van der Waals surface area (Å²) in [4.78, 5) is 26.5. The van der Waals surface area contributed by atoms with E-state index >= 15 is 0 Å². The number of nitrogens with zero attached hydrogens (tertiary/aromatic N) is 2. The molecule has 2 amide bonds. The smallest absolute Gasteiger partial charge is 0.419 e. The molecule has 1 fully saturated rings. The Labute approximate surface area is 163 Å². The normalized spacial score (nSPS) is 14.0. The highest BCUT2D eigenvalue weighted by Gasteiger charge is 2.35. The van der Waals surface area contributed by atoms with Crippen LogP contribution in [0.1, 0.15) is 11.1 Å². The highest BCUT2D eigenvalue weighted by atomic mass is 19.4. The van der Waals surface area contributed by atoms with Crippen LogP contribution < -0.4 is 14.5 Å². The summed E-state index contributed by atoms with van der Waals surface area (Å²) in [5, 5.41) is 0. The number of hydrogen-bond donors (Lipinski definition) is 0. The van der Waals surface area contributed by atoms with Gasteiger partial charge in [0.2, 0.25) is 0 Å². The predicted octanol–water partition coefficient (Wildman–Crippen LogP) is 4.74. The maximum Gasteiger partial charge on any atom is 0.419 e. The van der Waals surface area contributed by atoms with E-state index in [1.807, 2.05) is 0 Å². The second-order valence-corrected chi connectivity index (χ2v) is 6.31. The SMILES string of the molecule is Cc1cc(C(F)(F)F)cc(N2CCOC2=O)c1OC(=O)N(C)c1ccc(F)cc1. The summed E-state index contributed by atoms with van der Waals surface area (Å²) in [6.07, 6.45) is -6.42. The van der Waals surface area contributed by atoms with Gasteiger partial charge in [-0.1, -0.05) is 0 Å². The number of cyclic esters (lactones) is 1. The van der Waals surface area contributed by atoms with Crippen LogP contribution in [-0.2, 0) is 10.9 Å². The fourth-order valence-electron chi connectivity index (χ4n) is 2.79. The molecule has 0 spiro atoms. The summed E-state index contributed by atoms with van der Waals surface area (Å²) < 4.78 is 62.9. The van der Waals surface area contributed by atoms with Crippen molar-refractivity contribution < 1.29 is 36.6 Å². The Kier molecular flexibility index (Phi) is 5.36. The molecule has 1 heterocycles.